The SMILES string of the molecule is CC12C(=O)N(c3ccccc3)C(=O)C1CC1C(=CCC3C(=O)NC(=O)C31)C2c1ccc(OCc2ccccc2)cc1O. The van der Waals surface area contributed by atoms with Crippen molar-refractivity contribution in [2.75, 3.05) is 4.90 Å². The first kappa shape index (κ1) is 26.2. The maximum atomic E-state index is 14.4. The van der Waals surface area contributed by atoms with Gasteiger partial charge in [0.05, 0.1) is 28.9 Å². The number of carbonyl (C=O) groups excluding carboxylic acids is 4. The van der Waals surface area contributed by atoms with Gasteiger partial charge in [0.25, 0.3) is 0 Å². The summed E-state index contributed by atoms with van der Waals surface area (Å²) in [5, 5.41) is 13.9. The van der Waals surface area contributed by atoms with Gasteiger partial charge in [-0.05, 0) is 49.4 Å². The lowest BCUT2D eigenvalue weighted by atomic mass is 9.51. The number of para-hydroxylation sites is 1. The van der Waals surface area contributed by atoms with Crippen LogP contribution in [0.5, 0.6) is 11.5 Å². The minimum atomic E-state index is -1.22. The molecular weight excluding hydrogens is 532 g/mol. The van der Waals surface area contributed by atoms with Gasteiger partial charge in [-0.3, -0.25) is 24.5 Å². The molecular formula is C34H30N2O6. The number of carbonyl (C=O) groups is 4. The largest absolute Gasteiger partial charge is 0.508 e. The van der Waals surface area contributed by atoms with Crippen LogP contribution in [0.25, 0.3) is 0 Å². The van der Waals surface area contributed by atoms with Crippen LogP contribution >= 0.6 is 0 Å². The Labute approximate surface area is 243 Å². The van der Waals surface area contributed by atoms with Crippen molar-refractivity contribution in [1.82, 2.24) is 5.32 Å². The highest BCUT2D eigenvalue weighted by Gasteiger charge is 2.67. The third-order valence-corrected chi connectivity index (χ3v) is 9.69. The lowest BCUT2D eigenvalue weighted by molar-refractivity contribution is -0.131. The van der Waals surface area contributed by atoms with E-state index in [2.05, 4.69) is 5.32 Å². The van der Waals surface area contributed by atoms with E-state index in [-0.39, 0.29) is 35.8 Å². The predicted octanol–water partition coefficient (Wildman–Crippen LogP) is 4.49. The van der Waals surface area contributed by atoms with E-state index >= 15 is 0 Å². The van der Waals surface area contributed by atoms with Crippen LogP contribution in [0, 0.1) is 29.1 Å². The van der Waals surface area contributed by atoms with E-state index in [0.717, 1.165) is 11.1 Å². The van der Waals surface area contributed by atoms with E-state index in [4.69, 9.17) is 4.74 Å². The average molecular weight is 563 g/mol. The van der Waals surface area contributed by atoms with Gasteiger partial charge in [0.15, 0.2) is 0 Å². The van der Waals surface area contributed by atoms with Crippen molar-refractivity contribution < 1.29 is 29.0 Å². The molecule has 6 atom stereocenters. The van der Waals surface area contributed by atoms with Crippen LogP contribution in [-0.2, 0) is 25.8 Å². The molecule has 4 aliphatic rings. The minimum Gasteiger partial charge on any atom is -0.508 e. The fraction of sp³-hybridized carbons (Fsp3) is 0.294. The number of fused-ring (bicyclic) bond motifs is 4. The van der Waals surface area contributed by atoms with Gasteiger partial charge in [-0.1, -0.05) is 66.2 Å². The summed E-state index contributed by atoms with van der Waals surface area (Å²) in [5.74, 6) is -3.86. The zero-order chi connectivity index (χ0) is 29.2. The van der Waals surface area contributed by atoms with Gasteiger partial charge in [0.2, 0.25) is 23.6 Å². The normalized spacial score (nSPS) is 29.9. The molecule has 3 aromatic carbocycles. The number of phenolic OH excluding ortho intramolecular Hbond substituents is 1. The van der Waals surface area contributed by atoms with Gasteiger partial charge < -0.3 is 9.84 Å². The number of rotatable bonds is 5. The van der Waals surface area contributed by atoms with Crippen molar-refractivity contribution in [3.63, 3.8) is 0 Å². The lowest BCUT2D eigenvalue weighted by Gasteiger charge is -2.49. The number of aromatic hydroxyl groups is 1. The Morgan fingerprint density at radius 3 is 2.36 bits per heavy atom. The van der Waals surface area contributed by atoms with E-state index < -0.39 is 35.0 Å². The molecule has 42 heavy (non-hydrogen) atoms. The molecule has 2 aliphatic heterocycles. The van der Waals surface area contributed by atoms with Crippen molar-refractivity contribution in [1.29, 1.82) is 0 Å². The summed E-state index contributed by atoms with van der Waals surface area (Å²) in [6.45, 7) is 2.12. The minimum absolute atomic E-state index is 0.0560. The van der Waals surface area contributed by atoms with Crippen LogP contribution in [0.15, 0.2) is 90.5 Å². The molecule has 7 rings (SSSR count). The lowest BCUT2D eigenvalue weighted by Crippen LogP contribution is -2.48. The maximum absolute atomic E-state index is 14.4. The summed E-state index contributed by atoms with van der Waals surface area (Å²) in [5.41, 5.74) is 1.56. The molecule has 0 bridgehead atoms. The molecule has 8 heteroatoms. The molecule has 212 valence electrons. The number of hydrogen-bond donors (Lipinski definition) is 2. The molecule has 6 unspecified atom stereocenters. The molecule has 3 fully saturated rings. The summed E-state index contributed by atoms with van der Waals surface area (Å²) < 4.78 is 5.94. The van der Waals surface area contributed by atoms with Crippen molar-refractivity contribution >= 4 is 29.3 Å². The van der Waals surface area contributed by atoms with Crippen LogP contribution < -0.4 is 15.0 Å². The van der Waals surface area contributed by atoms with Gasteiger partial charge >= 0.3 is 0 Å². The molecule has 1 saturated carbocycles. The number of phenols is 1. The number of allylic oxidation sites excluding steroid dienone is 2. The molecule has 3 aromatic rings. The molecule has 8 nitrogen and oxygen atoms in total. The van der Waals surface area contributed by atoms with E-state index in [1.807, 2.05) is 42.5 Å². The van der Waals surface area contributed by atoms with Crippen molar-refractivity contribution in [3.05, 3.63) is 102 Å². The topological polar surface area (TPSA) is 113 Å². The number of amides is 4. The number of nitrogens with zero attached hydrogens (tertiary/aromatic N) is 1. The van der Waals surface area contributed by atoms with Crippen molar-refractivity contribution in [3.8, 4) is 11.5 Å². The number of anilines is 1. The van der Waals surface area contributed by atoms with Gasteiger partial charge in [-0.15, -0.1) is 0 Å². The first-order chi connectivity index (χ1) is 20.3. The number of hydrogen-bond acceptors (Lipinski definition) is 6. The average Bonchev–Trinajstić information content (AvgIpc) is 3.40. The second-order valence-electron chi connectivity index (χ2n) is 11.8. The standard InChI is InChI=1S/C34H30N2O6/c1-34-26(32(40)36(33(34)41)20-10-6-3-7-11-20)17-25-22(14-15-24-28(25)31(39)35-30(24)38)29(34)23-13-12-21(16-27(23)37)42-18-19-8-4-2-5-9-19/h2-14,16,24-26,28-29,37H,15,17-18H2,1H3,(H,35,38,39). The van der Waals surface area contributed by atoms with Gasteiger partial charge in [0.1, 0.15) is 18.1 Å². The predicted molar refractivity (Wildman–Crippen MR) is 153 cm³/mol. The third kappa shape index (κ3) is 3.81. The van der Waals surface area contributed by atoms with Crippen LogP contribution in [-0.4, -0.2) is 28.7 Å². The quantitative estimate of drug-likeness (QED) is 0.350. The fourth-order valence-electron chi connectivity index (χ4n) is 7.69. The van der Waals surface area contributed by atoms with E-state index in [0.29, 0.717) is 30.0 Å². The molecule has 2 N–H and O–H groups in total. The fourth-order valence-corrected chi connectivity index (χ4v) is 7.69. The number of ether oxygens (including phenoxy) is 1. The van der Waals surface area contributed by atoms with Crippen LogP contribution in [0.3, 0.4) is 0 Å². The summed E-state index contributed by atoms with van der Waals surface area (Å²) in [6, 6.07) is 23.6. The molecule has 4 amide bonds. The Morgan fingerprint density at radius 2 is 1.64 bits per heavy atom. The molecule has 2 saturated heterocycles. The highest BCUT2D eigenvalue weighted by atomic mass is 16.5. The number of benzene rings is 3. The van der Waals surface area contributed by atoms with E-state index in [9.17, 15) is 24.3 Å². The van der Waals surface area contributed by atoms with E-state index in [1.54, 1.807) is 43.3 Å². The van der Waals surface area contributed by atoms with Crippen molar-refractivity contribution in [2.45, 2.75) is 32.3 Å². The first-order valence-electron chi connectivity index (χ1n) is 14.3. The Hall–Kier alpha value is -4.72. The smallest absolute Gasteiger partial charge is 0.241 e. The van der Waals surface area contributed by atoms with Gasteiger partial charge in [-0.25, -0.2) is 4.90 Å². The summed E-state index contributed by atoms with van der Waals surface area (Å²) in [7, 11) is 0. The molecule has 0 aromatic heterocycles. The first-order valence-corrected chi connectivity index (χ1v) is 14.3. The molecule has 2 aliphatic carbocycles. The third-order valence-electron chi connectivity index (χ3n) is 9.69. The van der Waals surface area contributed by atoms with Crippen LogP contribution in [0.2, 0.25) is 0 Å². The van der Waals surface area contributed by atoms with Crippen LogP contribution in [0.4, 0.5) is 5.69 Å². The second-order valence-corrected chi connectivity index (χ2v) is 11.8. The molecule has 0 radical (unpaired) electrons. The second kappa shape index (κ2) is 9.69. The Kier molecular flexibility index (Phi) is 6.04. The highest BCUT2D eigenvalue weighted by molar-refractivity contribution is 6.24. The maximum Gasteiger partial charge on any atom is 0.241 e. The van der Waals surface area contributed by atoms with Crippen LogP contribution in [0.1, 0.15) is 36.8 Å². The zero-order valence-electron chi connectivity index (χ0n) is 23.0. The number of imide groups is 2. The Balaban J connectivity index is 1.32. The summed E-state index contributed by atoms with van der Waals surface area (Å²) >= 11 is 0. The molecule has 2 heterocycles. The zero-order valence-corrected chi connectivity index (χ0v) is 23.0. The monoisotopic (exact) mass is 562 g/mol. The highest BCUT2D eigenvalue weighted by Crippen LogP contribution is 2.64. The van der Waals surface area contributed by atoms with Crippen molar-refractivity contribution in [2.24, 2.45) is 29.1 Å². The number of nitrogens with one attached hydrogen (secondary N) is 1. The Bertz CT molecular complexity index is 1650. The van der Waals surface area contributed by atoms with Gasteiger partial charge in [0, 0.05) is 17.5 Å². The molecule has 0 spiro atoms. The summed E-state index contributed by atoms with van der Waals surface area (Å²) in [6.07, 6.45) is 2.58. The van der Waals surface area contributed by atoms with Gasteiger partial charge in [-0.2, -0.15) is 0 Å². The summed E-state index contributed by atoms with van der Waals surface area (Å²) in [4.78, 5) is 55.3. The Morgan fingerprint density at radius 1 is 0.929 bits per heavy atom. The van der Waals surface area contributed by atoms with E-state index in [1.165, 1.54) is 11.0 Å².